The van der Waals surface area contributed by atoms with Crippen LogP contribution in [0.4, 0.5) is 5.69 Å². The number of ether oxygens (including phenoxy) is 1. The lowest BCUT2D eigenvalue weighted by molar-refractivity contribution is 0.0691. The number of rotatable bonds is 1. The molecule has 5 N–H and O–H groups in total. The summed E-state index contributed by atoms with van der Waals surface area (Å²) in [4.78, 5) is 11.0. The van der Waals surface area contributed by atoms with Crippen LogP contribution in [0.5, 0.6) is 5.75 Å². The summed E-state index contributed by atoms with van der Waals surface area (Å²) in [7, 11) is 0. The van der Waals surface area contributed by atoms with Gasteiger partial charge in [0.05, 0.1) is 6.61 Å². The molecule has 0 aliphatic carbocycles. The summed E-state index contributed by atoms with van der Waals surface area (Å²) in [5.74, 6) is -0.692. The van der Waals surface area contributed by atoms with E-state index in [1.165, 1.54) is 6.07 Å². The third-order valence-corrected chi connectivity index (χ3v) is 2.45. The number of anilines is 1. The van der Waals surface area contributed by atoms with Gasteiger partial charge in [-0.3, -0.25) is 0 Å². The molecular formula is C10H12N2O3. The SMILES string of the molecule is Nc1cc(C(=O)O)c2c(c1)[C@@H](N)CCO2. The second-order valence-electron chi connectivity index (χ2n) is 3.54. The molecule has 1 aliphatic rings. The normalized spacial score (nSPS) is 19.1. The lowest BCUT2D eigenvalue weighted by atomic mass is 9.97. The van der Waals surface area contributed by atoms with Crippen molar-refractivity contribution in [2.45, 2.75) is 12.5 Å². The Morgan fingerprint density at radius 1 is 1.53 bits per heavy atom. The van der Waals surface area contributed by atoms with Crippen molar-refractivity contribution >= 4 is 11.7 Å². The van der Waals surface area contributed by atoms with E-state index < -0.39 is 5.97 Å². The van der Waals surface area contributed by atoms with E-state index in [1.54, 1.807) is 6.07 Å². The third kappa shape index (κ3) is 1.61. The Kier molecular flexibility index (Phi) is 2.24. The number of hydrogen-bond donors (Lipinski definition) is 3. The van der Waals surface area contributed by atoms with Gasteiger partial charge in [0, 0.05) is 23.7 Å². The zero-order valence-corrected chi connectivity index (χ0v) is 8.06. The highest BCUT2D eigenvalue weighted by Crippen LogP contribution is 2.35. The molecule has 0 saturated heterocycles. The molecule has 80 valence electrons. The van der Waals surface area contributed by atoms with Crippen LogP contribution >= 0.6 is 0 Å². The monoisotopic (exact) mass is 208 g/mol. The maximum absolute atomic E-state index is 11.0. The van der Waals surface area contributed by atoms with Crippen LogP contribution < -0.4 is 16.2 Å². The van der Waals surface area contributed by atoms with E-state index in [4.69, 9.17) is 21.3 Å². The van der Waals surface area contributed by atoms with Gasteiger partial charge < -0.3 is 21.3 Å². The number of nitrogen functional groups attached to an aromatic ring is 1. The second-order valence-corrected chi connectivity index (χ2v) is 3.54. The largest absolute Gasteiger partial charge is 0.492 e. The van der Waals surface area contributed by atoms with Crippen molar-refractivity contribution in [3.8, 4) is 5.75 Å². The van der Waals surface area contributed by atoms with Crippen LogP contribution in [0.1, 0.15) is 28.4 Å². The van der Waals surface area contributed by atoms with Crippen molar-refractivity contribution in [1.82, 2.24) is 0 Å². The van der Waals surface area contributed by atoms with Crippen LogP contribution in [0.2, 0.25) is 0 Å². The lowest BCUT2D eigenvalue weighted by Gasteiger charge is -2.24. The molecule has 5 heteroatoms. The van der Waals surface area contributed by atoms with Crippen LogP contribution in [0.25, 0.3) is 0 Å². The predicted octanol–water partition coefficient (Wildman–Crippen LogP) is 0.749. The minimum absolute atomic E-state index is 0.0835. The Balaban J connectivity index is 2.62. The average molecular weight is 208 g/mol. The summed E-state index contributed by atoms with van der Waals surface area (Å²) in [5, 5.41) is 8.98. The van der Waals surface area contributed by atoms with Gasteiger partial charge >= 0.3 is 5.97 Å². The summed E-state index contributed by atoms with van der Waals surface area (Å²) >= 11 is 0. The molecule has 1 heterocycles. The van der Waals surface area contributed by atoms with Gasteiger partial charge in [0.25, 0.3) is 0 Å². The Bertz CT molecular complexity index is 417. The maximum atomic E-state index is 11.0. The van der Waals surface area contributed by atoms with E-state index in [0.29, 0.717) is 30.0 Å². The molecular weight excluding hydrogens is 196 g/mol. The van der Waals surface area contributed by atoms with Gasteiger partial charge in [-0.05, 0) is 12.1 Å². The van der Waals surface area contributed by atoms with E-state index >= 15 is 0 Å². The number of carbonyl (C=O) groups is 1. The molecule has 1 aromatic carbocycles. The molecule has 0 aromatic heterocycles. The molecule has 1 aliphatic heterocycles. The number of nitrogens with two attached hydrogens (primary N) is 2. The summed E-state index contributed by atoms with van der Waals surface area (Å²) < 4.78 is 5.32. The van der Waals surface area contributed by atoms with Crippen molar-refractivity contribution in [2.24, 2.45) is 5.73 Å². The highest BCUT2D eigenvalue weighted by molar-refractivity contribution is 5.93. The highest BCUT2D eigenvalue weighted by Gasteiger charge is 2.24. The first-order valence-corrected chi connectivity index (χ1v) is 4.64. The average Bonchev–Trinajstić information content (AvgIpc) is 2.18. The molecule has 1 atom stereocenters. The molecule has 15 heavy (non-hydrogen) atoms. The summed E-state index contributed by atoms with van der Waals surface area (Å²) in [6.45, 7) is 0.443. The number of carboxylic acid groups (broad SMARTS) is 1. The summed E-state index contributed by atoms with van der Waals surface area (Å²) in [6, 6.07) is 2.86. The summed E-state index contributed by atoms with van der Waals surface area (Å²) in [5.41, 5.74) is 12.6. The standard InChI is InChI=1S/C10H12N2O3/c11-5-3-6-8(12)1-2-15-9(6)7(4-5)10(13)14/h3-4,8H,1-2,11-12H2,(H,13,14)/t8-/m0/s1. The first-order chi connectivity index (χ1) is 7.09. The number of carboxylic acids is 1. The second kappa shape index (κ2) is 3.43. The quantitative estimate of drug-likeness (QED) is 0.591. The van der Waals surface area contributed by atoms with Crippen molar-refractivity contribution in [3.63, 3.8) is 0 Å². The smallest absolute Gasteiger partial charge is 0.339 e. The number of hydrogen-bond acceptors (Lipinski definition) is 4. The first kappa shape index (κ1) is 9.79. The van der Waals surface area contributed by atoms with Crippen LogP contribution in [0.3, 0.4) is 0 Å². The number of aromatic carboxylic acids is 1. The van der Waals surface area contributed by atoms with Crippen LogP contribution in [0, 0.1) is 0 Å². The zero-order valence-electron chi connectivity index (χ0n) is 8.06. The van der Waals surface area contributed by atoms with Gasteiger partial charge in [-0.2, -0.15) is 0 Å². The molecule has 0 bridgehead atoms. The Hall–Kier alpha value is -1.75. The van der Waals surface area contributed by atoms with Gasteiger partial charge in [0.1, 0.15) is 11.3 Å². The Labute approximate surface area is 86.6 Å². The molecule has 5 nitrogen and oxygen atoms in total. The van der Waals surface area contributed by atoms with E-state index in [-0.39, 0.29) is 11.6 Å². The maximum Gasteiger partial charge on any atom is 0.339 e. The number of fused-ring (bicyclic) bond motifs is 1. The fourth-order valence-corrected chi connectivity index (χ4v) is 1.71. The van der Waals surface area contributed by atoms with Crippen LogP contribution in [0.15, 0.2) is 12.1 Å². The van der Waals surface area contributed by atoms with Gasteiger partial charge in [0.2, 0.25) is 0 Å². The van der Waals surface area contributed by atoms with Gasteiger partial charge in [-0.1, -0.05) is 0 Å². The van der Waals surface area contributed by atoms with E-state index in [1.807, 2.05) is 0 Å². The number of benzene rings is 1. The van der Waals surface area contributed by atoms with Gasteiger partial charge in [-0.25, -0.2) is 4.79 Å². The molecule has 0 amide bonds. The van der Waals surface area contributed by atoms with Gasteiger partial charge in [-0.15, -0.1) is 0 Å². The lowest BCUT2D eigenvalue weighted by Crippen LogP contribution is -2.22. The van der Waals surface area contributed by atoms with E-state index in [0.717, 1.165) is 0 Å². The third-order valence-electron chi connectivity index (χ3n) is 2.45. The van der Waals surface area contributed by atoms with Gasteiger partial charge in [0.15, 0.2) is 0 Å². The molecule has 0 fully saturated rings. The van der Waals surface area contributed by atoms with Crippen molar-refractivity contribution in [2.75, 3.05) is 12.3 Å². The topological polar surface area (TPSA) is 98.6 Å². The highest BCUT2D eigenvalue weighted by atomic mass is 16.5. The van der Waals surface area contributed by atoms with Crippen LogP contribution in [-0.4, -0.2) is 17.7 Å². The zero-order chi connectivity index (χ0) is 11.0. The van der Waals surface area contributed by atoms with Crippen molar-refractivity contribution in [1.29, 1.82) is 0 Å². The summed E-state index contributed by atoms with van der Waals surface area (Å²) in [6.07, 6.45) is 0.676. The molecule has 0 radical (unpaired) electrons. The molecule has 0 saturated carbocycles. The fourth-order valence-electron chi connectivity index (χ4n) is 1.71. The Morgan fingerprint density at radius 2 is 2.27 bits per heavy atom. The molecule has 0 unspecified atom stereocenters. The van der Waals surface area contributed by atoms with E-state index in [9.17, 15) is 4.79 Å². The van der Waals surface area contributed by atoms with Crippen molar-refractivity contribution < 1.29 is 14.6 Å². The first-order valence-electron chi connectivity index (χ1n) is 4.64. The molecule has 0 spiro atoms. The fraction of sp³-hybridized carbons (Fsp3) is 0.300. The van der Waals surface area contributed by atoms with Crippen molar-refractivity contribution in [3.05, 3.63) is 23.3 Å². The molecule has 2 rings (SSSR count). The van der Waals surface area contributed by atoms with Crippen LogP contribution in [-0.2, 0) is 0 Å². The molecule has 1 aromatic rings. The van der Waals surface area contributed by atoms with E-state index in [2.05, 4.69) is 0 Å². The minimum Gasteiger partial charge on any atom is -0.492 e. The predicted molar refractivity (Wildman–Crippen MR) is 54.9 cm³/mol. The Morgan fingerprint density at radius 3 is 2.93 bits per heavy atom. The minimum atomic E-state index is -1.05.